The summed E-state index contributed by atoms with van der Waals surface area (Å²) >= 11 is 0. The van der Waals surface area contributed by atoms with E-state index in [0.29, 0.717) is 12.8 Å². The Kier molecular flexibility index (Phi) is 3.15. The van der Waals surface area contributed by atoms with Crippen LogP contribution in [-0.2, 0) is 9.53 Å². The number of ether oxygens (including phenoxy) is 1. The number of piperidine rings is 1. The summed E-state index contributed by atoms with van der Waals surface area (Å²) in [4.78, 5) is 12.6. The average Bonchev–Trinajstić information content (AvgIpc) is 2.63. The predicted octanol–water partition coefficient (Wildman–Crippen LogP) is 2.51. The van der Waals surface area contributed by atoms with Gasteiger partial charge in [-0.05, 0) is 27.7 Å². The average molecular weight is 288 g/mol. The summed E-state index contributed by atoms with van der Waals surface area (Å²) < 4.78 is 6.26. The first kappa shape index (κ1) is 14.5. The van der Waals surface area contributed by atoms with Crippen LogP contribution >= 0.6 is 0 Å². The molecule has 1 unspecified atom stereocenters. The molecule has 1 aromatic rings. The van der Waals surface area contributed by atoms with Crippen LogP contribution in [0.1, 0.15) is 52.3 Å². The third kappa shape index (κ3) is 2.70. The van der Waals surface area contributed by atoms with Crippen LogP contribution in [0, 0.1) is 0 Å². The molecule has 0 aromatic heterocycles. The molecule has 3 rings (SSSR count). The van der Waals surface area contributed by atoms with Gasteiger partial charge in [0.2, 0.25) is 0 Å². The van der Waals surface area contributed by atoms with E-state index in [0.717, 1.165) is 5.56 Å². The predicted molar refractivity (Wildman–Crippen MR) is 81.7 cm³/mol. The summed E-state index contributed by atoms with van der Waals surface area (Å²) in [5, 5.41) is 6.62. The molecule has 2 aliphatic heterocycles. The molecule has 114 valence electrons. The Hall–Kier alpha value is -1.39. The van der Waals surface area contributed by atoms with Gasteiger partial charge >= 0.3 is 0 Å². The second kappa shape index (κ2) is 4.55. The zero-order valence-electron chi connectivity index (χ0n) is 13.2. The second-order valence-corrected chi connectivity index (χ2v) is 7.62. The SMILES string of the molecule is CC1(C)CC2(CC(C)(C)N1)OC(c1ccccc1)NC2=O. The third-order valence-electron chi connectivity index (χ3n) is 4.25. The van der Waals surface area contributed by atoms with Crippen molar-refractivity contribution in [3.63, 3.8) is 0 Å². The standard InChI is InChI=1S/C17H24N2O2/c1-15(2)10-17(11-16(3,4)19-15)14(20)18-13(21-17)12-8-6-5-7-9-12/h5-9,13,19H,10-11H2,1-4H3,(H,18,20). The molecule has 1 aromatic carbocycles. The minimum Gasteiger partial charge on any atom is -0.338 e. The van der Waals surface area contributed by atoms with Crippen molar-refractivity contribution in [1.29, 1.82) is 0 Å². The van der Waals surface area contributed by atoms with Gasteiger partial charge in [-0.2, -0.15) is 0 Å². The fourth-order valence-electron chi connectivity index (χ4n) is 4.08. The molecule has 0 bridgehead atoms. The molecule has 2 aliphatic rings. The molecule has 0 saturated carbocycles. The number of rotatable bonds is 1. The van der Waals surface area contributed by atoms with E-state index in [-0.39, 0.29) is 23.2 Å². The summed E-state index contributed by atoms with van der Waals surface area (Å²) in [6.45, 7) is 8.51. The van der Waals surface area contributed by atoms with Crippen molar-refractivity contribution >= 4 is 5.91 Å². The molecular weight excluding hydrogens is 264 g/mol. The molecule has 2 fully saturated rings. The van der Waals surface area contributed by atoms with E-state index in [2.05, 4.69) is 38.3 Å². The number of amides is 1. The first-order valence-electron chi connectivity index (χ1n) is 7.55. The molecule has 21 heavy (non-hydrogen) atoms. The summed E-state index contributed by atoms with van der Waals surface area (Å²) in [5.41, 5.74) is -0.00876. The Labute approximate surface area is 126 Å². The van der Waals surface area contributed by atoms with Crippen molar-refractivity contribution in [3.05, 3.63) is 35.9 Å². The van der Waals surface area contributed by atoms with Crippen LogP contribution in [0.5, 0.6) is 0 Å². The molecule has 1 amide bonds. The maximum absolute atomic E-state index is 12.6. The lowest BCUT2D eigenvalue weighted by Crippen LogP contribution is -2.65. The molecule has 4 heteroatoms. The molecular formula is C17H24N2O2. The van der Waals surface area contributed by atoms with Gasteiger partial charge in [-0.15, -0.1) is 0 Å². The minimum absolute atomic E-state index is 0.0130. The van der Waals surface area contributed by atoms with Crippen molar-refractivity contribution in [1.82, 2.24) is 10.6 Å². The summed E-state index contributed by atoms with van der Waals surface area (Å²) in [7, 11) is 0. The molecule has 1 atom stereocenters. The van der Waals surface area contributed by atoms with Crippen molar-refractivity contribution < 1.29 is 9.53 Å². The van der Waals surface area contributed by atoms with Crippen LogP contribution in [0.15, 0.2) is 30.3 Å². The van der Waals surface area contributed by atoms with Gasteiger partial charge in [0.15, 0.2) is 11.8 Å². The lowest BCUT2D eigenvalue weighted by Gasteiger charge is -2.49. The van der Waals surface area contributed by atoms with E-state index < -0.39 is 5.60 Å². The van der Waals surface area contributed by atoms with Crippen LogP contribution in [-0.4, -0.2) is 22.6 Å². The van der Waals surface area contributed by atoms with Crippen LogP contribution in [0.4, 0.5) is 0 Å². The highest BCUT2D eigenvalue weighted by Gasteiger charge is 2.57. The lowest BCUT2D eigenvalue weighted by atomic mass is 9.72. The van der Waals surface area contributed by atoms with Crippen molar-refractivity contribution in [3.8, 4) is 0 Å². The van der Waals surface area contributed by atoms with Crippen LogP contribution in [0.3, 0.4) is 0 Å². The van der Waals surface area contributed by atoms with E-state index in [1.165, 1.54) is 0 Å². The van der Waals surface area contributed by atoms with E-state index in [1.54, 1.807) is 0 Å². The van der Waals surface area contributed by atoms with Gasteiger partial charge in [0, 0.05) is 29.5 Å². The second-order valence-electron chi connectivity index (χ2n) is 7.62. The molecule has 0 aliphatic carbocycles. The quantitative estimate of drug-likeness (QED) is 0.835. The van der Waals surface area contributed by atoms with Crippen molar-refractivity contribution in [2.45, 2.75) is 63.4 Å². The number of hydrogen-bond acceptors (Lipinski definition) is 3. The Morgan fingerprint density at radius 1 is 1.05 bits per heavy atom. The lowest BCUT2D eigenvalue weighted by molar-refractivity contribution is -0.146. The molecule has 4 nitrogen and oxygen atoms in total. The molecule has 2 N–H and O–H groups in total. The van der Waals surface area contributed by atoms with E-state index in [4.69, 9.17) is 4.74 Å². The molecule has 0 radical (unpaired) electrons. The smallest absolute Gasteiger partial charge is 0.254 e. The van der Waals surface area contributed by atoms with Gasteiger partial charge in [-0.25, -0.2) is 0 Å². The largest absolute Gasteiger partial charge is 0.338 e. The molecule has 1 spiro atoms. The third-order valence-corrected chi connectivity index (χ3v) is 4.25. The monoisotopic (exact) mass is 288 g/mol. The van der Waals surface area contributed by atoms with Gasteiger partial charge in [0.25, 0.3) is 5.91 Å². The maximum Gasteiger partial charge on any atom is 0.254 e. The van der Waals surface area contributed by atoms with Crippen LogP contribution < -0.4 is 10.6 Å². The summed E-state index contributed by atoms with van der Waals surface area (Å²) in [5.74, 6) is 0.0130. The highest BCUT2D eigenvalue weighted by molar-refractivity contribution is 5.87. The summed E-state index contributed by atoms with van der Waals surface area (Å²) in [6, 6.07) is 9.87. The van der Waals surface area contributed by atoms with Crippen molar-refractivity contribution in [2.24, 2.45) is 0 Å². The van der Waals surface area contributed by atoms with Gasteiger partial charge in [-0.3, -0.25) is 4.79 Å². The zero-order chi connectivity index (χ0) is 15.3. The fourth-order valence-corrected chi connectivity index (χ4v) is 4.08. The first-order valence-corrected chi connectivity index (χ1v) is 7.55. The first-order chi connectivity index (χ1) is 9.72. The van der Waals surface area contributed by atoms with E-state index in [1.807, 2.05) is 30.3 Å². The van der Waals surface area contributed by atoms with E-state index in [9.17, 15) is 4.79 Å². The Morgan fingerprint density at radius 3 is 2.19 bits per heavy atom. The topological polar surface area (TPSA) is 50.4 Å². The Bertz CT molecular complexity index is 535. The number of carbonyl (C=O) groups is 1. The number of carbonyl (C=O) groups excluding carboxylic acids is 1. The maximum atomic E-state index is 12.6. The number of benzene rings is 1. The van der Waals surface area contributed by atoms with Gasteiger partial charge in [0.05, 0.1) is 0 Å². The minimum atomic E-state index is -0.737. The van der Waals surface area contributed by atoms with Gasteiger partial charge in [-0.1, -0.05) is 30.3 Å². The van der Waals surface area contributed by atoms with Crippen LogP contribution in [0.2, 0.25) is 0 Å². The molecule has 2 heterocycles. The molecule has 2 saturated heterocycles. The number of hydrogen-bond donors (Lipinski definition) is 2. The fraction of sp³-hybridized carbons (Fsp3) is 0.588. The summed E-state index contributed by atoms with van der Waals surface area (Å²) in [6.07, 6.45) is 1.01. The highest BCUT2D eigenvalue weighted by atomic mass is 16.5. The Balaban J connectivity index is 1.90. The van der Waals surface area contributed by atoms with Crippen molar-refractivity contribution in [2.75, 3.05) is 0 Å². The normalized spacial score (nSPS) is 29.3. The zero-order valence-corrected chi connectivity index (χ0v) is 13.2. The van der Waals surface area contributed by atoms with Gasteiger partial charge in [0.1, 0.15) is 0 Å². The van der Waals surface area contributed by atoms with Crippen LogP contribution in [0.25, 0.3) is 0 Å². The Morgan fingerprint density at radius 2 is 1.62 bits per heavy atom. The van der Waals surface area contributed by atoms with Gasteiger partial charge < -0.3 is 15.4 Å². The number of nitrogens with one attached hydrogen (secondary N) is 2. The van der Waals surface area contributed by atoms with E-state index >= 15 is 0 Å². The highest BCUT2D eigenvalue weighted by Crippen LogP contribution is 2.44.